The Morgan fingerprint density at radius 2 is 1.92 bits per heavy atom. The summed E-state index contributed by atoms with van der Waals surface area (Å²) in [6.07, 6.45) is 4.47. The molecule has 2 aliphatic heterocycles. The first-order valence-corrected chi connectivity index (χ1v) is 9.31. The molecule has 2 heterocycles. The number of amides is 1. The highest BCUT2D eigenvalue weighted by Crippen LogP contribution is 2.31. The summed E-state index contributed by atoms with van der Waals surface area (Å²) < 4.78 is 5.02. The number of benzene rings is 1. The van der Waals surface area contributed by atoms with Crippen LogP contribution in [-0.2, 0) is 0 Å². The number of rotatable bonds is 4. The maximum absolute atomic E-state index is 12.9. The molecular weight excluding hydrogens is 334 g/mol. The molecule has 1 aromatic rings. The third-order valence-corrected chi connectivity index (χ3v) is 5.75. The predicted octanol–water partition coefficient (Wildman–Crippen LogP) is 3.08. The molecule has 7 nitrogen and oxygen atoms in total. The van der Waals surface area contributed by atoms with E-state index >= 15 is 0 Å². The number of methoxy groups -OCH3 is 1. The Kier molecular flexibility index (Phi) is 5.46. The van der Waals surface area contributed by atoms with Crippen LogP contribution in [0.25, 0.3) is 0 Å². The molecule has 26 heavy (non-hydrogen) atoms. The first-order valence-electron chi connectivity index (χ1n) is 9.31. The van der Waals surface area contributed by atoms with Gasteiger partial charge in [0.15, 0.2) is 5.75 Å². The van der Waals surface area contributed by atoms with Crippen molar-refractivity contribution in [3.63, 3.8) is 0 Å². The zero-order chi connectivity index (χ0) is 18.8. The first kappa shape index (κ1) is 18.6. The summed E-state index contributed by atoms with van der Waals surface area (Å²) in [7, 11) is 1.39. The number of hydrogen-bond donors (Lipinski definition) is 0. The van der Waals surface area contributed by atoms with E-state index in [0.29, 0.717) is 36.8 Å². The standard InChI is InChI=1S/C19H27N3O4/c1-13-6-7-14(2)21(13)16-5-4-10-20(12-16)19(23)15-8-9-18(26-3)17(11-15)22(24)25/h8-9,11,13-14,16H,4-7,10,12H2,1-3H3/t13-,14+,16-/m0/s1. The van der Waals surface area contributed by atoms with Crippen LogP contribution in [0.4, 0.5) is 5.69 Å². The quantitative estimate of drug-likeness (QED) is 0.608. The lowest BCUT2D eigenvalue weighted by Gasteiger charge is -2.41. The number of hydrogen-bond acceptors (Lipinski definition) is 5. The van der Waals surface area contributed by atoms with Gasteiger partial charge in [-0.3, -0.25) is 19.8 Å². The fraction of sp³-hybridized carbons (Fsp3) is 0.632. The molecule has 2 fully saturated rings. The van der Waals surface area contributed by atoms with Gasteiger partial charge in [-0.05, 0) is 51.7 Å². The first-order chi connectivity index (χ1) is 12.4. The van der Waals surface area contributed by atoms with Gasteiger partial charge in [-0.2, -0.15) is 0 Å². The molecule has 1 amide bonds. The Morgan fingerprint density at radius 1 is 1.23 bits per heavy atom. The van der Waals surface area contributed by atoms with Crippen molar-refractivity contribution in [2.75, 3.05) is 20.2 Å². The highest BCUT2D eigenvalue weighted by molar-refractivity contribution is 5.95. The second kappa shape index (κ2) is 7.61. The molecule has 0 unspecified atom stereocenters. The number of likely N-dealkylation sites (tertiary alicyclic amines) is 2. The smallest absolute Gasteiger partial charge is 0.311 e. The summed E-state index contributed by atoms with van der Waals surface area (Å²) in [6.45, 7) is 5.91. The highest BCUT2D eigenvalue weighted by Gasteiger charge is 2.36. The van der Waals surface area contributed by atoms with Crippen LogP contribution in [0.1, 0.15) is 49.9 Å². The fourth-order valence-electron chi connectivity index (χ4n) is 4.47. The maximum atomic E-state index is 12.9. The Labute approximate surface area is 154 Å². The number of piperidine rings is 1. The van der Waals surface area contributed by atoms with Gasteiger partial charge < -0.3 is 9.64 Å². The number of ether oxygens (including phenoxy) is 1. The Hall–Kier alpha value is -2.15. The van der Waals surface area contributed by atoms with E-state index in [1.165, 1.54) is 32.1 Å². The molecule has 1 aromatic carbocycles. The van der Waals surface area contributed by atoms with Gasteiger partial charge in [0.2, 0.25) is 0 Å². The minimum atomic E-state index is -0.512. The molecule has 3 atom stereocenters. The average Bonchev–Trinajstić information content (AvgIpc) is 2.99. The normalized spacial score (nSPS) is 26.7. The van der Waals surface area contributed by atoms with Crippen LogP contribution < -0.4 is 4.74 Å². The van der Waals surface area contributed by atoms with Crippen molar-refractivity contribution >= 4 is 11.6 Å². The van der Waals surface area contributed by atoms with Crippen molar-refractivity contribution in [2.24, 2.45) is 0 Å². The molecule has 0 bridgehead atoms. The van der Waals surface area contributed by atoms with Gasteiger partial charge in [0.05, 0.1) is 12.0 Å². The van der Waals surface area contributed by atoms with Gasteiger partial charge in [-0.1, -0.05) is 0 Å². The molecule has 2 aliphatic rings. The van der Waals surface area contributed by atoms with Crippen molar-refractivity contribution in [1.29, 1.82) is 0 Å². The molecular formula is C19H27N3O4. The van der Waals surface area contributed by atoms with Crippen LogP contribution in [0.5, 0.6) is 5.75 Å². The van der Waals surface area contributed by atoms with E-state index in [4.69, 9.17) is 4.74 Å². The summed E-state index contributed by atoms with van der Waals surface area (Å²) in [5.41, 5.74) is 0.175. The summed E-state index contributed by atoms with van der Waals surface area (Å²) in [4.78, 5) is 28.1. The number of nitro benzene ring substituents is 1. The van der Waals surface area contributed by atoms with Gasteiger partial charge in [-0.25, -0.2) is 0 Å². The molecule has 0 saturated carbocycles. The van der Waals surface area contributed by atoms with Crippen LogP contribution in [0, 0.1) is 10.1 Å². The van der Waals surface area contributed by atoms with Gasteiger partial charge in [0.25, 0.3) is 5.91 Å². The van der Waals surface area contributed by atoms with Crippen molar-refractivity contribution in [1.82, 2.24) is 9.80 Å². The monoisotopic (exact) mass is 361 g/mol. The molecule has 0 spiro atoms. The average molecular weight is 361 g/mol. The van der Waals surface area contributed by atoms with Crippen LogP contribution >= 0.6 is 0 Å². The van der Waals surface area contributed by atoms with Gasteiger partial charge >= 0.3 is 5.69 Å². The van der Waals surface area contributed by atoms with E-state index in [0.717, 1.165) is 12.8 Å². The van der Waals surface area contributed by atoms with Gasteiger partial charge in [0, 0.05) is 42.8 Å². The van der Waals surface area contributed by atoms with Crippen LogP contribution in [0.15, 0.2) is 18.2 Å². The van der Waals surface area contributed by atoms with Gasteiger partial charge in [-0.15, -0.1) is 0 Å². The molecule has 0 aromatic heterocycles. The lowest BCUT2D eigenvalue weighted by atomic mass is 10.0. The zero-order valence-corrected chi connectivity index (χ0v) is 15.7. The molecule has 0 radical (unpaired) electrons. The van der Waals surface area contributed by atoms with Crippen LogP contribution in [-0.4, -0.2) is 59.0 Å². The van der Waals surface area contributed by atoms with E-state index in [1.807, 2.05) is 4.90 Å². The highest BCUT2D eigenvalue weighted by atomic mass is 16.6. The van der Waals surface area contributed by atoms with E-state index in [-0.39, 0.29) is 17.3 Å². The molecule has 0 aliphatic carbocycles. The number of carbonyl (C=O) groups is 1. The Morgan fingerprint density at radius 3 is 2.54 bits per heavy atom. The van der Waals surface area contributed by atoms with E-state index < -0.39 is 4.92 Å². The summed E-state index contributed by atoms with van der Waals surface area (Å²) >= 11 is 0. The van der Waals surface area contributed by atoms with E-state index in [2.05, 4.69) is 18.7 Å². The third-order valence-electron chi connectivity index (χ3n) is 5.75. The molecule has 2 saturated heterocycles. The third kappa shape index (κ3) is 3.53. The molecule has 7 heteroatoms. The Bertz CT molecular complexity index is 683. The van der Waals surface area contributed by atoms with E-state index in [9.17, 15) is 14.9 Å². The zero-order valence-electron chi connectivity index (χ0n) is 15.7. The largest absolute Gasteiger partial charge is 0.490 e. The summed E-state index contributed by atoms with van der Waals surface area (Å²) in [5.74, 6) is 0.0303. The van der Waals surface area contributed by atoms with Crippen LogP contribution in [0.2, 0.25) is 0 Å². The number of carbonyl (C=O) groups excluding carboxylic acids is 1. The van der Waals surface area contributed by atoms with Crippen molar-refractivity contribution in [3.05, 3.63) is 33.9 Å². The van der Waals surface area contributed by atoms with E-state index in [1.54, 1.807) is 6.07 Å². The summed E-state index contributed by atoms with van der Waals surface area (Å²) in [5, 5.41) is 11.2. The maximum Gasteiger partial charge on any atom is 0.311 e. The number of nitrogens with zero attached hydrogens (tertiary/aromatic N) is 3. The van der Waals surface area contributed by atoms with Crippen molar-refractivity contribution in [2.45, 2.75) is 57.7 Å². The summed E-state index contributed by atoms with van der Waals surface area (Å²) in [6, 6.07) is 5.90. The molecule has 0 N–H and O–H groups in total. The van der Waals surface area contributed by atoms with Crippen molar-refractivity contribution < 1.29 is 14.5 Å². The van der Waals surface area contributed by atoms with Crippen molar-refractivity contribution in [3.8, 4) is 5.75 Å². The molecule has 142 valence electrons. The fourth-order valence-corrected chi connectivity index (χ4v) is 4.47. The minimum Gasteiger partial charge on any atom is -0.490 e. The predicted molar refractivity (Wildman–Crippen MR) is 98.6 cm³/mol. The lowest BCUT2D eigenvalue weighted by molar-refractivity contribution is -0.385. The second-order valence-corrected chi connectivity index (χ2v) is 7.41. The lowest BCUT2D eigenvalue weighted by Crippen LogP contribution is -2.52. The Balaban J connectivity index is 1.77. The van der Waals surface area contributed by atoms with Gasteiger partial charge in [0.1, 0.15) is 0 Å². The topological polar surface area (TPSA) is 75.9 Å². The van der Waals surface area contributed by atoms with Crippen LogP contribution in [0.3, 0.4) is 0 Å². The SMILES string of the molecule is COc1ccc(C(=O)N2CCC[C@H](N3[C@H](C)CC[C@@H]3C)C2)cc1[N+](=O)[O-]. The number of nitro groups is 1. The minimum absolute atomic E-state index is 0.139. The molecule has 3 rings (SSSR count). The second-order valence-electron chi connectivity index (χ2n) is 7.41.